The molecule has 0 spiro atoms. The largest absolute Gasteiger partial charge is 0.350 e. The minimum atomic E-state index is -0.360. The fourth-order valence-electron chi connectivity index (χ4n) is 2.60. The fourth-order valence-corrected chi connectivity index (χ4v) is 2.76. The molecule has 0 bridgehead atoms. The smallest absolute Gasteiger partial charge is 0.251 e. The van der Waals surface area contributed by atoms with E-state index < -0.39 is 0 Å². The number of nitrogens with zero attached hydrogens (tertiary/aromatic N) is 2. The average molecular weight is 409 g/mol. The summed E-state index contributed by atoms with van der Waals surface area (Å²) in [6.45, 7) is 3.75. The van der Waals surface area contributed by atoms with Crippen LogP contribution in [0.5, 0.6) is 0 Å². The monoisotopic (exact) mass is 408 g/mol. The third-order valence-corrected chi connectivity index (χ3v) is 4.29. The van der Waals surface area contributed by atoms with Crippen molar-refractivity contribution in [1.82, 2.24) is 15.1 Å². The van der Waals surface area contributed by atoms with E-state index in [1.54, 1.807) is 35.2 Å². The van der Waals surface area contributed by atoms with Crippen LogP contribution in [0, 0.1) is 0 Å². The van der Waals surface area contributed by atoms with Crippen LogP contribution in [0.3, 0.4) is 0 Å². The van der Waals surface area contributed by atoms with Crippen molar-refractivity contribution >= 4 is 35.2 Å². The minimum absolute atomic E-state index is 0.0101. The number of carbonyl (C=O) groups excluding carboxylic acids is 2. The van der Waals surface area contributed by atoms with Crippen LogP contribution in [0.1, 0.15) is 29.8 Å². The summed E-state index contributed by atoms with van der Waals surface area (Å²) in [5.41, 5.74) is 2.50. The molecule has 148 valence electrons. The van der Waals surface area contributed by atoms with Gasteiger partial charge in [0.2, 0.25) is 5.91 Å². The highest BCUT2D eigenvalue weighted by atomic mass is 35.5. The lowest BCUT2D eigenvalue weighted by molar-refractivity contribution is -0.111. The van der Waals surface area contributed by atoms with E-state index in [0.29, 0.717) is 16.3 Å². The van der Waals surface area contributed by atoms with Crippen molar-refractivity contribution in [3.05, 3.63) is 83.2 Å². The first kappa shape index (κ1) is 20.4. The Hall–Kier alpha value is -3.38. The molecular weight excluding hydrogens is 388 g/mol. The molecule has 29 heavy (non-hydrogen) atoms. The molecular formula is C22H21ClN4O2. The van der Waals surface area contributed by atoms with E-state index in [4.69, 9.17) is 11.6 Å². The highest BCUT2D eigenvalue weighted by Crippen LogP contribution is 2.23. The fraction of sp³-hybridized carbons (Fsp3) is 0.136. The molecule has 0 saturated carbocycles. The highest BCUT2D eigenvalue weighted by molar-refractivity contribution is 6.34. The molecule has 1 heterocycles. The second kappa shape index (κ2) is 9.21. The third kappa shape index (κ3) is 5.56. The van der Waals surface area contributed by atoms with E-state index in [9.17, 15) is 9.59 Å². The normalized spacial score (nSPS) is 11.0. The van der Waals surface area contributed by atoms with Gasteiger partial charge in [0.1, 0.15) is 0 Å². The molecule has 0 fully saturated rings. The summed E-state index contributed by atoms with van der Waals surface area (Å²) in [4.78, 5) is 24.4. The van der Waals surface area contributed by atoms with Crippen LogP contribution in [0.15, 0.2) is 67.0 Å². The Morgan fingerprint density at radius 2 is 1.90 bits per heavy atom. The molecule has 0 aliphatic carbocycles. The Morgan fingerprint density at radius 3 is 2.62 bits per heavy atom. The first-order chi connectivity index (χ1) is 13.9. The van der Waals surface area contributed by atoms with E-state index in [-0.39, 0.29) is 17.9 Å². The lowest BCUT2D eigenvalue weighted by Crippen LogP contribution is -2.30. The predicted octanol–water partition coefficient (Wildman–Crippen LogP) is 4.32. The first-order valence-corrected chi connectivity index (χ1v) is 9.50. The summed E-state index contributed by atoms with van der Waals surface area (Å²) in [6.07, 6.45) is 6.54. The van der Waals surface area contributed by atoms with Crippen molar-refractivity contribution in [1.29, 1.82) is 0 Å². The summed E-state index contributed by atoms with van der Waals surface area (Å²) in [5, 5.41) is 10.1. The number of benzene rings is 2. The Balaban J connectivity index is 1.68. The van der Waals surface area contributed by atoms with Crippen molar-refractivity contribution < 1.29 is 9.59 Å². The van der Waals surface area contributed by atoms with Gasteiger partial charge in [-0.3, -0.25) is 9.59 Å². The average Bonchev–Trinajstić information content (AvgIpc) is 3.17. The molecule has 1 aromatic heterocycles. The quantitative estimate of drug-likeness (QED) is 0.596. The standard InChI is InChI=1S/C22H21ClN4O2/c1-15(2)25-22(29)17-9-10-19(23)20(12-17)26-21(28)11-8-16-13-24-27(14-16)18-6-4-3-5-7-18/h3-15H,1-2H3,(H,25,29)(H,26,28). The number of rotatable bonds is 6. The molecule has 2 N–H and O–H groups in total. The van der Waals surface area contributed by atoms with Gasteiger partial charge in [-0.25, -0.2) is 4.68 Å². The van der Waals surface area contributed by atoms with Crippen LogP contribution < -0.4 is 10.6 Å². The number of amides is 2. The summed E-state index contributed by atoms with van der Waals surface area (Å²) >= 11 is 6.16. The van der Waals surface area contributed by atoms with Crippen molar-refractivity contribution in [3.63, 3.8) is 0 Å². The Labute approximate surface area is 174 Å². The van der Waals surface area contributed by atoms with Crippen LogP contribution >= 0.6 is 11.6 Å². The van der Waals surface area contributed by atoms with Gasteiger partial charge in [-0.2, -0.15) is 5.10 Å². The van der Waals surface area contributed by atoms with E-state index in [2.05, 4.69) is 15.7 Å². The first-order valence-electron chi connectivity index (χ1n) is 9.12. The molecule has 0 saturated heterocycles. The molecule has 7 heteroatoms. The second-order valence-corrected chi connectivity index (χ2v) is 7.11. The lowest BCUT2D eigenvalue weighted by atomic mass is 10.1. The van der Waals surface area contributed by atoms with Gasteiger partial charge < -0.3 is 10.6 Å². The minimum Gasteiger partial charge on any atom is -0.350 e. The van der Waals surface area contributed by atoms with Crippen LogP contribution in [0.25, 0.3) is 11.8 Å². The molecule has 6 nitrogen and oxygen atoms in total. The Kier molecular flexibility index (Phi) is 6.46. The molecule has 2 aromatic carbocycles. The molecule has 3 aromatic rings. The van der Waals surface area contributed by atoms with Crippen LogP contribution in [0.2, 0.25) is 5.02 Å². The van der Waals surface area contributed by atoms with Crippen molar-refractivity contribution in [2.24, 2.45) is 0 Å². The van der Waals surface area contributed by atoms with Gasteiger partial charge in [0, 0.05) is 29.4 Å². The number of halogens is 1. The molecule has 2 amide bonds. The van der Waals surface area contributed by atoms with E-state index in [1.165, 1.54) is 6.08 Å². The van der Waals surface area contributed by atoms with Gasteiger partial charge in [0.05, 0.1) is 22.6 Å². The summed E-state index contributed by atoms with van der Waals surface area (Å²) < 4.78 is 1.73. The number of hydrogen-bond donors (Lipinski definition) is 2. The summed E-state index contributed by atoms with van der Waals surface area (Å²) in [7, 11) is 0. The maximum atomic E-state index is 12.3. The van der Waals surface area contributed by atoms with Crippen LogP contribution in [-0.4, -0.2) is 27.6 Å². The number of carbonyl (C=O) groups is 2. The van der Waals surface area contributed by atoms with Gasteiger partial charge in [-0.05, 0) is 50.3 Å². The number of para-hydroxylation sites is 1. The van der Waals surface area contributed by atoms with Crippen LogP contribution in [-0.2, 0) is 4.79 Å². The SMILES string of the molecule is CC(C)NC(=O)c1ccc(Cl)c(NC(=O)C=Cc2cnn(-c3ccccc3)c2)c1. The van der Waals surface area contributed by atoms with Crippen molar-refractivity contribution in [2.75, 3.05) is 5.32 Å². The molecule has 0 atom stereocenters. The van der Waals surface area contributed by atoms with Gasteiger partial charge in [-0.15, -0.1) is 0 Å². The van der Waals surface area contributed by atoms with E-state index in [0.717, 1.165) is 11.3 Å². The molecule has 0 radical (unpaired) electrons. The van der Waals surface area contributed by atoms with Crippen molar-refractivity contribution in [2.45, 2.75) is 19.9 Å². The third-order valence-electron chi connectivity index (χ3n) is 3.96. The van der Waals surface area contributed by atoms with Gasteiger partial charge >= 0.3 is 0 Å². The number of anilines is 1. The predicted molar refractivity (Wildman–Crippen MR) is 115 cm³/mol. The zero-order chi connectivity index (χ0) is 20.8. The Bertz CT molecular complexity index is 1040. The van der Waals surface area contributed by atoms with Crippen molar-refractivity contribution in [3.8, 4) is 5.69 Å². The zero-order valence-corrected chi connectivity index (χ0v) is 16.9. The lowest BCUT2D eigenvalue weighted by Gasteiger charge is -2.11. The van der Waals surface area contributed by atoms with Crippen LogP contribution in [0.4, 0.5) is 5.69 Å². The molecule has 3 rings (SSSR count). The highest BCUT2D eigenvalue weighted by Gasteiger charge is 2.11. The molecule has 0 unspecified atom stereocenters. The topological polar surface area (TPSA) is 76.0 Å². The van der Waals surface area contributed by atoms with E-state index in [1.807, 2.05) is 50.4 Å². The maximum Gasteiger partial charge on any atom is 0.251 e. The summed E-state index contributed by atoms with van der Waals surface area (Å²) in [6, 6.07) is 14.4. The zero-order valence-electron chi connectivity index (χ0n) is 16.1. The Morgan fingerprint density at radius 1 is 1.14 bits per heavy atom. The summed E-state index contributed by atoms with van der Waals surface area (Å²) in [5.74, 6) is -0.586. The second-order valence-electron chi connectivity index (χ2n) is 6.70. The number of hydrogen-bond acceptors (Lipinski definition) is 3. The number of nitrogens with one attached hydrogen (secondary N) is 2. The molecule has 0 aliphatic heterocycles. The van der Waals surface area contributed by atoms with Gasteiger partial charge in [-0.1, -0.05) is 29.8 Å². The van der Waals surface area contributed by atoms with Gasteiger partial charge in [0.25, 0.3) is 5.91 Å². The number of aromatic nitrogens is 2. The van der Waals surface area contributed by atoms with E-state index >= 15 is 0 Å². The van der Waals surface area contributed by atoms with Gasteiger partial charge in [0.15, 0.2) is 0 Å². The molecule has 0 aliphatic rings. The maximum absolute atomic E-state index is 12.3.